The number of ether oxygens (including phenoxy) is 1. The lowest BCUT2D eigenvalue weighted by Gasteiger charge is -2.16. The van der Waals surface area contributed by atoms with E-state index in [1.807, 2.05) is 12.2 Å². The molecule has 4 aromatic rings. The molecule has 168 valence electrons. The molecule has 1 N–H and O–H groups in total. The molecule has 0 amide bonds. The maximum absolute atomic E-state index is 13.1. The van der Waals surface area contributed by atoms with Crippen molar-refractivity contribution in [2.24, 2.45) is 0 Å². The van der Waals surface area contributed by atoms with Crippen LogP contribution in [-0.2, 0) is 6.42 Å². The van der Waals surface area contributed by atoms with Crippen molar-refractivity contribution >= 4 is 22.9 Å². The second kappa shape index (κ2) is 10.9. The Morgan fingerprint density at radius 2 is 1.70 bits per heavy atom. The molecule has 0 aliphatic carbocycles. The van der Waals surface area contributed by atoms with Gasteiger partial charge in [-0.25, -0.2) is 4.39 Å². The smallest absolute Gasteiger partial charge is 0.126 e. The summed E-state index contributed by atoms with van der Waals surface area (Å²) in [5.74, 6) is 0.976. The van der Waals surface area contributed by atoms with E-state index in [0.29, 0.717) is 5.92 Å². The fraction of sp³-hybridized carbons (Fsp3) is 0.200. The lowest BCUT2D eigenvalue weighted by molar-refractivity contribution is 0.413. The van der Waals surface area contributed by atoms with Gasteiger partial charge in [0.05, 0.1) is 7.11 Å². The van der Waals surface area contributed by atoms with Crippen molar-refractivity contribution in [2.75, 3.05) is 20.2 Å². The molecule has 0 radical (unpaired) electrons. The Balaban J connectivity index is 1.35. The molecule has 0 aliphatic heterocycles. The normalized spacial score (nSPS) is 12.3. The van der Waals surface area contributed by atoms with Crippen LogP contribution in [0.5, 0.6) is 5.75 Å². The van der Waals surface area contributed by atoms with Gasteiger partial charge in [-0.2, -0.15) is 0 Å². The Morgan fingerprint density at radius 1 is 0.909 bits per heavy atom. The van der Waals surface area contributed by atoms with Gasteiger partial charge in [0.15, 0.2) is 0 Å². The van der Waals surface area contributed by atoms with Gasteiger partial charge in [0.25, 0.3) is 0 Å². The second-order valence-corrected chi connectivity index (χ2v) is 8.38. The topological polar surface area (TPSA) is 21.3 Å². The molecule has 33 heavy (non-hydrogen) atoms. The van der Waals surface area contributed by atoms with Crippen LogP contribution in [0.3, 0.4) is 0 Å². The van der Waals surface area contributed by atoms with Gasteiger partial charge in [-0.15, -0.1) is 0 Å². The van der Waals surface area contributed by atoms with Crippen molar-refractivity contribution in [2.45, 2.75) is 19.3 Å². The van der Waals surface area contributed by atoms with E-state index in [4.69, 9.17) is 4.74 Å². The molecule has 0 spiro atoms. The molecule has 2 nitrogen and oxygen atoms in total. The summed E-state index contributed by atoms with van der Waals surface area (Å²) in [6, 6.07) is 27.9. The third-order valence-corrected chi connectivity index (χ3v) is 6.05. The minimum absolute atomic E-state index is 0.228. The highest BCUT2D eigenvalue weighted by molar-refractivity contribution is 5.85. The standard InChI is InChI=1S/C30H30FNO/c1-22(21-32-19-18-25-8-5-7-24-6-3-4-9-29(24)25)27-15-14-26(30(20-27)33-2)13-10-23-11-16-28(31)17-12-23/h3-17,20,22,32H,18-19,21H2,1-2H3. The van der Waals surface area contributed by atoms with E-state index < -0.39 is 0 Å². The minimum Gasteiger partial charge on any atom is -0.496 e. The first-order valence-corrected chi connectivity index (χ1v) is 11.4. The first-order chi connectivity index (χ1) is 16.1. The number of fused-ring (bicyclic) bond motifs is 1. The van der Waals surface area contributed by atoms with E-state index in [2.05, 4.69) is 72.9 Å². The lowest BCUT2D eigenvalue weighted by Crippen LogP contribution is -2.22. The van der Waals surface area contributed by atoms with Crippen molar-refractivity contribution in [1.82, 2.24) is 5.32 Å². The number of nitrogens with one attached hydrogen (secondary N) is 1. The van der Waals surface area contributed by atoms with Crippen molar-refractivity contribution in [1.29, 1.82) is 0 Å². The van der Waals surface area contributed by atoms with Crippen LogP contribution in [-0.4, -0.2) is 20.2 Å². The van der Waals surface area contributed by atoms with Crippen molar-refractivity contribution in [3.8, 4) is 5.75 Å². The number of hydrogen-bond acceptors (Lipinski definition) is 2. The van der Waals surface area contributed by atoms with Gasteiger partial charge < -0.3 is 10.1 Å². The van der Waals surface area contributed by atoms with E-state index in [0.717, 1.165) is 36.4 Å². The predicted molar refractivity (Wildman–Crippen MR) is 137 cm³/mol. The molecule has 1 unspecified atom stereocenters. The lowest BCUT2D eigenvalue weighted by atomic mass is 9.98. The highest BCUT2D eigenvalue weighted by atomic mass is 19.1. The van der Waals surface area contributed by atoms with Crippen LogP contribution in [0, 0.1) is 5.82 Å². The van der Waals surface area contributed by atoms with Crippen LogP contribution in [0.2, 0.25) is 0 Å². The summed E-state index contributed by atoms with van der Waals surface area (Å²) in [6.45, 7) is 4.07. The largest absolute Gasteiger partial charge is 0.496 e. The second-order valence-electron chi connectivity index (χ2n) is 8.38. The Hall–Kier alpha value is -3.43. The Labute approximate surface area is 195 Å². The zero-order chi connectivity index (χ0) is 23.0. The summed E-state index contributed by atoms with van der Waals surface area (Å²) in [6.07, 6.45) is 4.97. The highest BCUT2D eigenvalue weighted by Crippen LogP contribution is 2.26. The molecule has 0 heterocycles. The molecule has 1 atom stereocenters. The van der Waals surface area contributed by atoms with Crippen LogP contribution in [0.1, 0.15) is 35.1 Å². The van der Waals surface area contributed by atoms with Gasteiger partial charge in [-0.1, -0.05) is 85.8 Å². The molecule has 3 heteroatoms. The molecule has 4 aromatic carbocycles. The van der Waals surface area contributed by atoms with Crippen LogP contribution in [0.4, 0.5) is 4.39 Å². The molecule has 0 saturated heterocycles. The van der Waals surface area contributed by atoms with Gasteiger partial charge in [-0.3, -0.25) is 0 Å². The number of rotatable bonds is 9. The van der Waals surface area contributed by atoms with Crippen LogP contribution < -0.4 is 10.1 Å². The highest BCUT2D eigenvalue weighted by Gasteiger charge is 2.09. The Morgan fingerprint density at radius 3 is 2.52 bits per heavy atom. The summed E-state index contributed by atoms with van der Waals surface area (Å²) in [7, 11) is 1.70. The summed E-state index contributed by atoms with van der Waals surface area (Å²) in [5, 5.41) is 6.25. The Bertz CT molecular complexity index is 1220. The third kappa shape index (κ3) is 5.88. The predicted octanol–water partition coefficient (Wildman–Crippen LogP) is 7.09. The van der Waals surface area contributed by atoms with Gasteiger partial charge in [0, 0.05) is 12.1 Å². The van der Waals surface area contributed by atoms with Crippen LogP contribution in [0.15, 0.2) is 84.9 Å². The summed E-state index contributed by atoms with van der Waals surface area (Å²) in [5.41, 5.74) is 4.57. The fourth-order valence-electron chi connectivity index (χ4n) is 4.10. The molecule has 0 aliphatic rings. The van der Waals surface area contributed by atoms with E-state index in [1.54, 1.807) is 19.2 Å². The fourth-order valence-corrected chi connectivity index (χ4v) is 4.10. The average molecular weight is 440 g/mol. The Kier molecular flexibility index (Phi) is 7.54. The van der Waals surface area contributed by atoms with Gasteiger partial charge in [-0.05, 0) is 64.5 Å². The van der Waals surface area contributed by atoms with Gasteiger partial charge in [0.1, 0.15) is 11.6 Å². The van der Waals surface area contributed by atoms with Crippen molar-refractivity contribution in [3.63, 3.8) is 0 Å². The minimum atomic E-state index is -0.228. The molecular formula is C30H30FNO. The zero-order valence-corrected chi connectivity index (χ0v) is 19.2. The molecular weight excluding hydrogens is 409 g/mol. The van der Waals surface area contributed by atoms with Crippen molar-refractivity contribution in [3.05, 3.63) is 113 Å². The molecule has 0 fully saturated rings. The average Bonchev–Trinajstić information content (AvgIpc) is 2.86. The van der Waals surface area contributed by atoms with E-state index in [1.165, 1.54) is 34.0 Å². The zero-order valence-electron chi connectivity index (χ0n) is 19.2. The monoisotopic (exact) mass is 439 g/mol. The number of halogens is 1. The third-order valence-electron chi connectivity index (χ3n) is 6.05. The summed E-state index contributed by atoms with van der Waals surface area (Å²) in [4.78, 5) is 0. The molecule has 0 saturated carbocycles. The quantitative estimate of drug-likeness (QED) is 0.222. The van der Waals surface area contributed by atoms with Crippen LogP contribution >= 0.6 is 0 Å². The van der Waals surface area contributed by atoms with E-state index in [9.17, 15) is 4.39 Å². The first kappa shape index (κ1) is 22.8. The summed E-state index contributed by atoms with van der Waals surface area (Å²) >= 11 is 0. The first-order valence-electron chi connectivity index (χ1n) is 11.4. The maximum Gasteiger partial charge on any atom is 0.126 e. The van der Waals surface area contributed by atoms with E-state index >= 15 is 0 Å². The maximum atomic E-state index is 13.1. The molecule has 0 bridgehead atoms. The molecule has 4 rings (SSSR count). The SMILES string of the molecule is COc1cc(C(C)CNCCc2cccc3ccccc23)ccc1C=Cc1ccc(F)cc1. The number of benzene rings is 4. The van der Waals surface area contributed by atoms with E-state index in [-0.39, 0.29) is 5.82 Å². The van der Waals surface area contributed by atoms with Gasteiger partial charge >= 0.3 is 0 Å². The number of methoxy groups -OCH3 is 1. The van der Waals surface area contributed by atoms with Crippen LogP contribution in [0.25, 0.3) is 22.9 Å². The summed E-state index contributed by atoms with van der Waals surface area (Å²) < 4.78 is 18.7. The molecule has 0 aromatic heterocycles. The van der Waals surface area contributed by atoms with Gasteiger partial charge in [0.2, 0.25) is 0 Å². The van der Waals surface area contributed by atoms with Crippen molar-refractivity contribution < 1.29 is 9.13 Å². The number of hydrogen-bond donors (Lipinski definition) is 1.